The van der Waals surface area contributed by atoms with Gasteiger partial charge in [-0.05, 0) is 42.7 Å². The van der Waals surface area contributed by atoms with Crippen LogP contribution in [-0.4, -0.2) is 18.4 Å². The molecule has 1 fully saturated rings. The zero-order valence-electron chi connectivity index (χ0n) is 14.0. The van der Waals surface area contributed by atoms with Crippen molar-refractivity contribution in [2.45, 2.75) is 12.8 Å². The van der Waals surface area contributed by atoms with Crippen molar-refractivity contribution in [1.82, 2.24) is 5.32 Å². The Morgan fingerprint density at radius 1 is 1.12 bits per heavy atom. The van der Waals surface area contributed by atoms with E-state index in [9.17, 15) is 14.0 Å². The predicted molar refractivity (Wildman–Crippen MR) is 94.5 cm³/mol. The molecule has 5 nitrogen and oxygen atoms in total. The molecule has 1 aliphatic carbocycles. The van der Waals surface area contributed by atoms with Gasteiger partial charge in [-0.25, -0.2) is 4.39 Å². The molecule has 132 valence electrons. The summed E-state index contributed by atoms with van der Waals surface area (Å²) in [5.74, 6) is -1.42. The molecule has 2 aromatic rings. The van der Waals surface area contributed by atoms with Gasteiger partial charge in [0.05, 0.1) is 23.5 Å². The SMILES string of the molecule is N#Cc1cccc(NC(=O)C2CC2C(=O)NCCc2ccccc2F)c1. The number of nitriles is 1. The number of halogens is 1. The third-order valence-electron chi connectivity index (χ3n) is 4.37. The Balaban J connectivity index is 1.45. The van der Waals surface area contributed by atoms with Crippen LogP contribution in [0.3, 0.4) is 0 Å². The number of rotatable bonds is 6. The molecular weight excluding hydrogens is 333 g/mol. The molecule has 0 aromatic heterocycles. The van der Waals surface area contributed by atoms with Crippen LogP contribution < -0.4 is 10.6 Å². The lowest BCUT2D eigenvalue weighted by Crippen LogP contribution is -2.29. The first-order chi connectivity index (χ1) is 12.6. The molecule has 0 saturated heterocycles. The molecule has 2 unspecified atom stereocenters. The molecule has 26 heavy (non-hydrogen) atoms. The molecule has 0 radical (unpaired) electrons. The highest BCUT2D eigenvalue weighted by molar-refractivity contribution is 5.99. The first kappa shape index (κ1) is 17.6. The van der Waals surface area contributed by atoms with E-state index in [0.717, 1.165) is 0 Å². The second-order valence-corrected chi connectivity index (χ2v) is 6.26. The van der Waals surface area contributed by atoms with Gasteiger partial charge in [-0.1, -0.05) is 24.3 Å². The van der Waals surface area contributed by atoms with Crippen LogP contribution in [0.4, 0.5) is 10.1 Å². The Labute approximate surface area is 150 Å². The van der Waals surface area contributed by atoms with Crippen LogP contribution in [0.2, 0.25) is 0 Å². The zero-order chi connectivity index (χ0) is 18.5. The average molecular weight is 351 g/mol. The Bertz CT molecular complexity index is 875. The minimum Gasteiger partial charge on any atom is -0.356 e. The van der Waals surface area contributed by atoms with Crippen LogP contribution in [0.1, 0.15) is 17.5 Å². The van der Waals surface area contributed by atoms with E-state index in [4.69, 9.17) is 5.26 Å². The van der Waals surface area contributed by atoms with E-state index in [1.54, 1.807) is 42.5 Å². The van der Waals surface area contributed by atoms with Crippen LogP contribution in [-0.2, 0) is 16.0 Å². The summed E-state index contributed by atoms with van der Waals surface area (Å²) in [4.78, 5) is 24.3. The van der Waals surface area contributed by atoms with Gasteiger partial charge in [-0.15, -0.1) is 0 Å². The molecule has 0 bridgehead atoms. The maximum absolute atomic E-state index is 13.5. The highest BCUT2D eigenvalue weighted by atomic mass is 19.1. The number of amides is 2. The molecule has 1 saturated carbocycles. The fourth-order valence-corrected chi connectivity index (χ4v) is 2.83. The van der Waals surface area contributed by atoms with Crippen molar-refractivity contribution in [1.29, 1.82) is 5.26 Å². The van der Waals surface area contributed by atoms with Gasteiger partial charge in [0.25, 0.3) is 0 Å². The van der Waals surface area contributed by atoms with Crippen LogP contribution in [0, 0.1) is 29.0 Å². The first-order valence-electron chi connectivity index (χ1n) is 8.40. The molecular formula is C20H18FN3O2. The molecule has 6 heteroatoms. The largest absolute Gasteiger partial charge is 0.356 e. The number of hydrogen-bond donors (Lipinski definition) is 2. The van der Waals surface area contributed by atoms with Crippen molar-refractivity contribution in [2.75, 3.05) is 11.9 Å². The Morgan fingerprint density at radius 3 is 2.65 bits per heavy atom. The number of hydrogen-bond acceptors (Lipinski definition) is 3. The number of nitrogens with one attached hydrogen (secondary N) is 2. The van der Waals surface area contributed by atoms with Crippen LogP contribution in [0.15, 0.2) is 48.5 Å². The zero-order valence-corrected chi connectivity index (χ0v) is 14.0. The van der Waals surface area contributed by atoms with Crippen molar-refractivity contribution in [3.63, 3.8) is 0 Å². The Kier molecular flexibility index (Phi) is 5.28. The van der Waals surface area contributed by atoms with Crippen LogP contribution in [0.25, 0.3) is 0 Å². The van der Waals surface area contributed by atoms with Gasteiger partial charge >= 0.3 is 0 Å². The van der Waals surface area contributed by atoms with E-state index in [-0.39, 0.29) is 29.5 Å². The fraction of sp³-hybridized carbons (Fsp3) is 0.250. The van der Waals surface area contributed by atoms with E-state index >= 15 is 0 Å². The maximum Gasteiger partial charge on any atom is 0.228 e. The fourth-order valence-electron chi connectivity index (χ4n) is 2.83. The van der Waals surface area contributed by atoms with E-state index < -0.39 is 0 Å². The van der Waals surface area contributed by atoms with E-state index in [2.05, 4.69) is 10.6 Å². The molecule has 2 atom stereocenters. The van der Waals surface area contributed by atoms with Crippen molar-refractivity contribution in [3.05, 3.63) is 65.5 Å². The van der Waals surface area contributed by atoms with Gasteiger partial charge in [0.1, 0.15) is 5.82 Å². The standard InChI is InChI=1S/C20H18FN3O2/c21-18-7-2-1-5-14(18)8-9-23-19(25)16-11-17(16)20(26)24-15-6-3-4-13(10-15)12-22/h1-7,10,16-17H,8-9,11H2,(H,23,25)(H,24,26). The van der Waals surface area contributed by atoms with E-state index in [1.807, 2.05) is 6.07 Å². The molecule has 2 N–H and O–H groups in total. The second kappa shape index (κ2) is 7.79. The lowest BCUT2D eigenvalue weighted by molar-refractivity contribution is -0.125. The van der Waals surface area contributed by atoms with E-state index in [1.165, 1.54) is 6.07 Å². The van der Waals surface area contributed by atoms with Crippen molar-refractivity contribution in [3.8, 4) is 6.07 Å². The quantitative estimate of drug-likeness (QED) is 0.839. The number of carbonyl (C=O) groups excluding carboxylic acids is 2. The van der Waals surface area contributed by atoms with E-state index in [0.29, 0.717) is 36.2 Å². The molecule has 1 aliphatic rings. The molecule has 0 heterocycles. The summed E-state index contributed by atoms with van der Waals surface area (Å²) in [6, 6.07) is 15.1. The lowest BCUT2D eigenvalue weighted by atomic mass is 10.1. The molecule has 3 rings (SSSR count). The summed E-state index contributed by atoms with van der Waals surface area (Å²) >= 11 is 0. The highest BCUT2D eigenvalue weighted by Crippen LogP contribution is 2.39. The van der Waals surface area contributed by atoms with Crippen molar-refractivity contribution >= 4 is 17.5 Å². The minimum absolute atomic E-state index is 0.188. The van der Waals surface area contributed by atoms with Gasteiger partial charge in [0.2, 0.25) is 11.8 Å². The Morgan fingerprint density at radius 2 is 1.88 bits per heavy atom. The molecule has 0 spiro atoms. The Hall–Kier alpha value is -3.20. The van der Waals surface area contributed by atoms with Gasteiger partial charge in [0.15, 0.2) is 0 Å². The maximum atomic E-state index is 13.5. The monoisotopic (exact) mass is 351 g/mol. The van der Waals surface area contributed by atoms with Crippen LogP contribution in [0.5, 0.6) is 0 Å². The highest BCUT2D eigenvalue weighted by Gasteiger charge is 2.47. The molecule has 2 aromatic carbocycles. The van der Waals surface area contributed by atoms with Crippen molar-refractivity contribution in [2.24, 2.45) is 11.8 Å². The van der Waals surface area contributed by atoms with Crippen LogP contribution >= 0.6 is 0 Å². The number of carbonyl (C=O) groups is 2. The number of anilines is 1. The number of benzene rings is 2. The predicted octanol–water partition coefficient (Wildman–Crippen LogP) is 2.63. The van der Waals surface area contributed by atoms with Gasteiger partial charge in [-0.2, -0.15) is 5.26 Å². The first-order valence-corrected chi connectivity index (χ1v) is 8.40. The second-order valence-electron chi connectivity index (χ2n) is 6.26. The third kappa shape index (κ3) is 4.25. The lowest BCUT2D eigenvalue weighted by Gasteiger charge is -2.07. The smallest absolute Gasteiger partial charge is 0.228 e. The van der Waals surface area contributed by atoms with Gasteiger partial charge < -0.3 is 10.6 Å². The summed E-state index contributed by atoms with van der Waals surface area (Å²) < 4.78 is 13.5. The summed E-state index contributed by atoms with van der Waals surface area (Å²) in [7, 11) is 0. The van der Waals surface area contributed by atoms with Gasteiger partial charge in [-0.3, -0.25) is 9.59 Å². The third-order valence-corrected chi connectivity index (χ3v) is 4.37. The molecule has 2 amide bonds. The number of nitrogens with zero attached hydrogens (tertiary/aromatic N) is 1. The summed E-state index contributed by atoms with van der Waals surface area (Å²) in [6.45, 7) is 0.328. The normalized spacial score (nSPS) is 17.8. The average Bonchev–Trinajstić information content (AvgIpc) is 3.44. The minimum atomic E-state index is -0.366. The summed E-state index contributed by atoms with van der Waals surface area (Å²) in [5, 5.41) is 14.4. The molecule has 0 aliphatic heterocycles. The van der Waals surface area contributed by atoms with Crippen molar-refractivity contribution < 1.29 is 14.0 Å². The van der Waals surface area contributed by atoms with Gasteiger partial charge in [0, 0.05) is 12.2 Å². The summed E-state index contributed by atoms with van der Waals surface area (Å²) in [6.07, 6.45) is 0.901. The summed E-state index contributed by atoms with van der Waals surface area (Å²) in [5.41, 5.74) is 1.55. The topological polar surface area (TPSA) is 82.0 Å².